The molecular weight excluding hydrogens is 396 g/mol. The molecule has 4 heteroatoms. The highest BCUT2D eigenvalue weighted by Crippen LogP contribution is 2.30. The minimum absolute atomic E-state index is 0.175. The third kappa shape index (κ3) is 3.94. The largest absolute Gasteiger partial charge is 0.507 e. The monoisotopic (exact) mass is 416 g/mol. The number of aromatic hydroxyl groups is 2. The van der Waals surface area contributed by atoms with E-state index in [0.717, 1.165) is 21.5 Å². The van der Waals surface area contributed by atoms with Gasteiger partial charge in [-0.3, -0.25) is 9.98 Å². The van der Waals surface area contributed by atoms with E-state index < -0.39 is 0 Å². The van der Waals surface area contributed by atoms with Gasteiger partial charge in [-0.25, -0.2) is 0 Å². The first-order valence-corrected chi connectivity index (χ1v) is 10.3. The number of hydrogen-bond donors (Lipinski definition) is 2. The van der Waals surface area contributed by atoms with E-state index in [1.54, 1.807) is 24.6 Å². The number of benzene rings is 5. The Kier molecular flexibility index (Phi) is 5.10. The maximum atomic E-state index is 10.4. The molecule has 5 rings (SSSR count). The molecule has 32 heavy (non-hydrogen) atoms. The molecule has 0 saturated carbocycles. The highest BCUT2D eigenvalue weighted by molar-refractivity contribution is 5.96. The van der Waals surface area contributed by atoms with Crippen molar-refractivity contribution in [1.29, 1.82) is 0 Å². The van der Waals surface area contributed by atoms with Crippen molar-refractivity contribution in [2.45, 2.75) is 0 Å². The fourth-order valence-corrected chi connectivity index (χ4v) is 3.66. The summed E-state index contributed by atoms with van der Waals surface area (Å²) in [5.41, 5.74) is 2.59. The Bertz CT molecular complexity index is 1390. The van der Waals surface area contributed by atoms with Crippen molar-refractivity contribution in [3.8, 4) is 11.5 Å². The number of para-hydroxylation sites is 2. The van der Waals surface area contributed by atoms with Crippen LogP contribution in [0.25, 0.3) is 21.5 Å². The second-order valence-corrected chi connectivity index (χ2v) is 7.52. The molecule has 0 aliphatic carbocycles. The van der Waals surface area contributed by atoms with Crippen LogP contribution in [0, 0.1) is 0 Å². The van der Waals surface area contributed by atoms with E-state index in [1.165, 1.54) is 0 Å². The summed E-state index contributed by atoms with van der Waals surface area (Å²) < 4.78 is 0. The Hall–Kier alpha value is -4.44. The van der Waals surface area contributed by atoms with Crippen molar-refractivity contribution in [1.82, 2.24) is 0 Å². The summed E-state index contributed by atoms with van der Waals surface area (Å²) in [6.45, 7) is 0. The molecule has 0 fully saturated rings. The van der Waals surface area contributed by atoms with Crippen molar-refractivity contribution in [3.05, 3.63) is 108 Å². The lowest BCUT2D eigenvalue weighted by atomic mass is 10.1. The van der Waals surface area contributed by atoms with Gasteiger partial charge < -0.3 is 10.2 Å². The van der Waals surface area contributed by atoms with Crippen LogP contribution in [0.15, 0.2) is 107 Å². The van der Waals surface area contributed by atoms with Crippen LogP contribution < -0.4 is 0 Å². The molecule has 0 saturated heterocycles. The zero-order chi connectivity index (χ0) is 21.9. The van der Waals surface area contributed by atoms with E-state index in [9.17, 15) is 10.2 Å². The summed E-state index contributed by atoms with van der Waals surface area (Å²) in [5.74, 6) is 0.351. The summed E-state index contributed by atoms with van der Waals surface area (Å²) in [4.78, 5) is 9.13. The molecule has 0 spiro atoms. The van der Waals surface area contributed by atoms with Gasteiger partial charge in [0, 0.05) is 23.6 Å². The average molecular weight is 416 g/mol. The first-order chi connectivity index (χ1) is 15.7. The molecule has 0 bridgehead atoms. The third-order valence-electron chi connectivity index (χ3n) is 5.36. The number of phenols is 2. The quantitative estimate of drug-likeness (QED) is 0.313. The lowest BCUT2D eigenvalue weighted by Crippen LogP contribution is -1.85. The molecule has 154 valence electrons. The molecule has 0 aromatic heterocycles. The van der Waals surface area contributed by atoms with Crippen LogP contribution in [0.4, 0.5) is 11.4 Å². The molecule has 0 heterocycles. The van der Waals surface area contributed by atoms with E-state index in [0.29, 0.717) is 22.5 Å². The van der Waals surface area contributed by atoms with Gasteiger partial charge in [0.25, 0.3) is 0 Å². The summed E-state index contributed by atoms with van der Waals surface area (Å²) >= 11 is 0. The molecule has 0 amide bonds. The van der Waals surface area contributed by atoms with Gasteiger partial charge in [0.15, 0.2) is 0 Å². The molecule has 0 aliphatic heterocycles. The van der Waals surface area contributed by atoms with E-state index >= 15 is 0 Å². The zero-order valence-corrected chi connectivity index (χ0v) is 17.2. The lowest BCUT2D eigenvalue weighted by molar-refractivity contribution is 0.475. The lowest BCUT2D eigenvalue weighted by Gasteiger charge is -2.05. The minimum atomic E-state index is 0.175. The van der Waals surface area contributed by atoms with Crippen molar-refractivity contribution in [2.24, 2.45) is 9.98 Å². The Morgan fingerprint density at radius 1 is 0.469 bits per heavy atom. The summed E-state index contributed by atoms with van der Waals surface area (Å²) in [6, 6.07) is 30.5. The first kappa shape index (κ1) is 19.5. The van der Waals surface area contributed by atoms with Crippen LogP contribution >= 0.6 is 0 Å². The van der Waals surface area contributed by atoms with Gasteiger partial charge in [-0.05, 0) is 57.9 Å². The maximum absolute atomic E-state index is 10.4. The fourth-order valence-electron chi connectivity index (χ4n) is 3.66. The standard InChI is InChI=1S/C28H20N2O2/c31-27-15-21-9-3-1-7-19(21)13-23(27)17-29-25-11-5-6-12-26(25)30-18-24-14-20-8-2-4-10-22(20)16-28(24)32/h1-18,31-32H. The van der Waals surface area contributed by atoms with Gasteiger partial charge in [0.1, 0.15) is 11.5 Å². The third-order valence-corrected chi connectivity index (χ3v) is 5.36. The minimum Gasteiger partial charge on any atom is -0.507 e. The Labute approximate surface area is 185 Å². The molecule has 2 N–H and O–H groups in total. The highest BCUT2D eigenvalue weighted by Gasteiger charge is 2.05. The van der Waals surface area contributed by atoms with E-state index in [1.807, 2.05) is 84.9 Å². The number of aliphatic imine (C=N–C) groups is 2. The van der Waals surface area contributed by atoms with Crippen LogP contribution in [0.3, 0.4) is 0 Å². The highest BCUT2D eigenvalue weighted by atomic mass is 16.3. The molecule has 0 aliphatic rings. The summed E-state index contributed by atoms with van der Waals surface area (Å²) in [6.07, 6.45) is 3.28. The summed E-state index contributed by atoms with van der Waals surface area (Å²) in [5, 5.41) is 24.8. The molecular formula is C28H20N2O2. The fraction of sp³-hybridized carbons (Fsp3) is 0. The Balaban J connectivity index is 1.47. The van der Waals surface area contributed by atoms with Crippen molar-refractivity contribution in [3.63, 3.8) is 0 Å². The Morgan fingerprint density at radius 2 is 0.812 bits per heavy atom. The van der Waals surface area contributed by atoms with Gasteiger partial charge in [-0.2, -0.15) is 0 Å². The second kappa shape index (κ2) is 8.36. The molecule has 5 aromatic rings. The predicted molar refractivity (Wildman–Crippen MR) is 132 cm³/mol. The van der Waals surface area contributed by atoms with E-state index in [4.69, 9.17) is 0 Å². The topological polar surface area (TPSA) is 65.2 Å². The van der Waals surface area contributed by atoms with Crippen molar-refractivity contribution in [2.75, 3.05) is 0 Å². The van der Waals surface area contributed by atoms with Crippen LogP contribution in [-0.4, -0.2) is 22.6 Å². The zero-order valence-electron chi connectivity index (χ0n) is 17.2. The van der Waals surface area contributed by atoms with Gasteiger partial charge in [-0.1, -0.05) is 60.7 Å². The molecule has 5 aromatic carbocycles. The van der Waals surface area contributed by atoms with Gasteiger partial charge >= 0.3 is 0 Å². The average Bonchev–Trinajstić information content (AvgIpc) is 2.82. The first-order valence-electron chi connectivity index (χ1n) is 10.3. The van der Waals surface area contributed by atoms with Crippen molar-refractivity contribution < 1.29 is 10.2 Å². The predicted octanol–water partition coefficient (Wildman–Crippen LogP) is 6.91. The molecule has 0 radical (unpaired) electrons. The SMILES string of the molecule is Oc1cc2ccccc2cc1C=Nc1ccccc1N=Cc1cc2ccccc2cc1O. The van der Waals surface area contributed by atoms with E-state index in [-0.39, 0.29) is 11.5 Å². The molecule has 4 nitrogen and oxygen atoms in total. The summed E-state index contributed by atoms with van der Waals surface area (Å²) in [7, 11) is 0. The number of fused-ring (bicyclic) bond motifs is 2. The number of nitrogens with zero attached hydrogens (tertiary/aromatic N) is 2. The number of phenolic OH excluding ortho intramolecular Hbond substituents is 2. The molecule has 0 unspecified atom stereocenters. The van der Waals surface area contributed by atoms with Gasteiger partial charge in [0.05, 0.1) is 11.4 Å². The van der Waals surface area contributed by atoms with Gasteiger partial charge in [0.2, 0.25) is 0 Å². The normalized spacial score (nSPS) is 11.8. The smallest absolute Gasteiger partial charge is 0.124 e. The van der Waals surface area contributed by atoms with E-state index in [2.05, 4.69) is 9.98 Å². The number of hydrogen-bond acceptors (Lipinski definition) is 4. The maximum Gasteiger partial charge on any atom is 0.124 e. The van der Waals surface area contributed by atoms with Crippen molar-refractivity contribution >= 4 is 45.3 Å². The second-order valence-electron chi connectivity index (χ2n) is 7.52. The Morgan fingerprint density at radius 3 is 1.22 bits per heavy atom. The number of rotatable bonds is 4. The van der Waals surface area contributed by atoms with Crippen LogP contribution in [-0.2, 0) is 0 Å². The van der Waals surface area contributed by atoms with Crippen LogP contribution in [0.1, 0.15) is 11.1 Å². The van der Waals surface area contributed by atoms with Crippen LogP contribution in [0.2, 0.25) is 0 Å². The van der Waals surface area contributed by atoms with Gasteiger partial charge in [-0.15, -0.1) is 0 Å². The molecule has 0 atom stereocenters. The van der Waals surface area contributed by atoms with Crippen LogP contribution in [0.5, 0.6) is 11.5 Å².